The Hall–Kier alpha value is -1.94. The van der Waals surface area contributed by atoms with Crippen molar-refractivity contribution in [1.29, 1.82) is 0 Å². The van der Waals surface area contributed by atoms with Gasteiger partial charge in [0.15, 0.2) is 0 Å². The molecule has 1 aliphatic heterocycles. The van der Waals surface area contributed by atoms with Gasteiger partial charge in [0.05, 0.1) is 11.9 Å². The van der Waals surface area contributed by atoms with Crippen LogP contribution in [0.4, 0.5) is 0 Å². The molecule has 0 saturated carbocycles. The van der Waals surface area contributed by atoms with Crippen molar-refractivity contribution in [1.82, 2.24) is 9.55 Å². The molecule has 1 aliphatic carbocycles. The van der Waals surface area contributed by atoms with Crippen LogP contribution in [0, 0.1) is 11.3 Å². The number of thiophene rings is 1. The molecule has 0 bridgehead atoms. The fraction of sp³-hybridized carbons (Fsp3) is 0.429. The molecule has 0 radical (unpaired) electrons. The maximum Gasteiger partial charge on any atom is 0.282 e. The molecule has 0 N–H and O–H groups in total. The van der Waals surface area contributed by atoms with Gasteiger partial charge in [-0.25, -0.2) is 0 Å². The van der Waals surface area contributed by atoms with Crippen molar-refractivity contribution in [3.63, 3.8) is 0 Å². The molecular weight excluding hydrogens is 328 g/mol. The van der Waals surface area contributed by atoms with E-state index in [0.717, 1.165) is 41.0 Å². The second-order valence-electron chi connectivity index (χ2n) is 8.47. The summed E-state index contributed by atoms with van der Waals surface area (Å²) >= 11 is 1.83. The number of rotatable bonds is 0. The van der Waals surface area contributed by atoms with Gasteiger partial charge >= 0.3 is 0 Å². The summed E-state index contributed by atoms with van der Waals surface area (Å²) in [5, 5.41) is 0.893. The lowest BCUT2D eigenvalue weighted by Crippen LogP contribution is -2.26. The van der Waals surface area contributed by atoms with E-state index in [4.69, 9.17) is 0 Å². The van der Waals surface area contributed by atoms with Gasteiger partial charge in [-0.3, -0.25) is 4.79 Å². The molecule has 1 atom stereocenters. The van der Waals surface area contributed by atoms with Crippen molar-refractivity contribution in [2.24, 2.45) is 11.3 Å². The predicted octanol–water partition coefficient (Wildman–Crippen LogP) is 4.64. The lowest BCUT2D eigenvalue weighted by molar-refractivity contribution is 0.218. The van der Waals surface area contributed by atoms with E-state index in [1.165, 1.54) is 22.4 Å². The van der Waals surface area contributed by atoms with Crippen LogP contribution in [0.25, 0.3) is 21.6 Å². The van der Waals surface area contributed by atoms with E-state index >= 15 is 0 Å². The summed E-state index contributed by atoms with van der Waals surface area (Å²) in [4.78, 5) is 19.9. The minimum Gasteiger partial charge on any atom is -0.312 e. The minimum atomic E-state index is -0.0374. The highest BCUT2D eigenvalue weighted by Crippen LogP contribution is 2.44. The molecule has 0 fully saturated rings. The largest absolute Gasteiger partial charge is 0.312 e. The fourth-order valence-corrected chi connectivity index (χ4v) is 5.85. The van der Waals surface area contributed by atoms with Gasteiger partial charge in [0, 0.05) is 10.4 Å². The zero-order valence-corrected chi connectivity index (χ0v) is 15.7. The topological polar surface area (TPSA) is 34.9 Å². The lowest BCUT2D eigenvalue weighted by Gasteiger charge is -2.33. The molecule has 4 heteroatoms. The van der Waals surface area contributed by atoms with Crippen molar-refractivity contribution < 1.29 is 0 Å². The summed E-state index contributed by atoms with van der Waals surface area (Å²) in [6.45, 7) is 7.83. The molecule has 0 unspecified atom stereocenters. The Morgan fingerprint density at radius 2 is 2.04 bits per heavy atom. The molecule has 3 heterocycles. The summed E-state index contributed by atoms with van der Waals surface area (Å²) in [6, 6.07) is 8.31. The van der Waals surface area contributed by atoms with Crippen LogP contribution >= 0.6 is 11.3 Å². The molecule has 5 rings (SSSR count). The van der Waals surface area contributed by atoms with Crippen molar-refractivity contribution in [3.8, 4) is 11.4 Å². The van der Waals surface area contributed by atoms with Gasteiger partial charge in [-0.1, -0.05) is 45.0 Å². The molecule has 0 spiro atoms. The van der Waals surface area contributed by atoms with Crippen LogP contribution in [-0.4, -0.2) is 9.55 Å². The Balaban J connectivity index is 1.72. The van der Waals surface area contributed by atoms with Crippen LogP contribution < -0.4 is 5.56 Å². The van der Waals surface area contributed by atoms with E-state index in [2.05, 4.69) is 48.5 Å². The van der Waals surface area contributed by atoms with Gasteiger partial charge in [0.25, 0.3) is 5.56 Å². The van der Waals surface area contributed by atoms with Crippen LogP contribution in [0.3, 0.4) is 0 Å². The molecule has 1 aromatic carbocycles. The number of nitrogens with zero attached hydrogens (tertiary/aromatic N) is 2. The summed E-state index contributed by atoms with van der Waals surface area (Å²) in [7, 11) is 0. The summed E-state index contributed by atoms with van der Waals surface area (Å²) in [5.41, 5.74) is 3.94. The third-order valence-corrected chi connectivity index (χ3v) is 7.26. The fourth-order valence-electron chi connectivity index (χ4n) is 4.43. The monoisotopic (exact) mass is 350 g/mol. The number of aromatic nitrogens is 2. The maximum atomic E-state index is 12.8. The Bertz CT molecular complexity index is 1070. The highest BCUT2D eigenvalue weighted by Gasteiger charge is 2.33. The number of benzene rings is 1. The van der Waals surface area contributed by atoms with Crippen molar-refractivity contribution in [3.05, 3.63) is 50.6 Å². The average Bonchev–Trinajstić information content (AvgIpc) is 3.12. The van der Waals surface area contributed by atoms with Crippen LogP contribution in [0.1, 0.15) is 43.2 Å². The highest BCUT2D eigenvalue weighted by molar-refractivity contribution is 7.18. The van der Waals surface area contributed by atoms with Crippen LogP contribution in [-0.2, 0) is 19.4 Å². The maximum absolute atomic E-state index is 12.8. The lowest BCUT2D eigenvalue weighted by atomic mass is 9.72. The van der Waals surface area contributed by atoms with E-state index in [0.29, 0.717) is 11.3 Å². The van der Waals surface area contributed by atoms with E-state index in [9.17, 15) is 4.79 Å². The number of hydrogen-bond acceptors (Lipinski definition) is 3. The Labute approximate surface area is 151 Å². The van der Waals surface area contributed by atoms with Gasteiger partial charge in [0.2, 0.25) is 0 Å². The van der Waals surface area contributed by atoms with E-state index < -0.39 is 0 Å². The molecule has 2 aliphatic rings. The van der Waals surface area contributed by atoms with Gasteiger partial charge in [-0.05, 0) is 41.7 Å². The first kappa shape index (κ1) is 15.3. The summed E-state index contributed by atoms with van der Waals surface area (Å²) < 4.78 is 2.26. The van der Waals surface area contributed by atoms with Crippen LogP contribution in [0.15, 0.2) is 29.1 Å². The zero-order valence-electron chi connectivity index (χ0n) is 14.9. The number of aryl methyl sites for hydroxylation is 1. The smallest absolute Gasteiger partial charge is 0.282 e. The highest BCUT2D eigenvalue weighted by atomic mass is 32.1. The normalized spacial score (nSPS) is 18.9. The standard InChI is InChI=1S/C21H22N2OS/c1-21(2,3)13-8-9-15-16(10-13)25-20-17(15)19(24)22-18-14-7-5-4-6-12(14)11-23(18)20/h4-7,13H,8-11H2,1-3H3/t13-/m1/s1. The van der Waals surface area contributed by atoms with Crippen LogP contribution in [0.5, 0.6) is 0 Å². The van der Waals surface area contributed by atoms with E-state index in [1.807, 2.05) is 17.4 Å². The summed E-state index contributed by atoms with van der Waals surface area (Å²) in [6.07, 6.45) is 3.28. The second kappa shape index (κ2) is 5.04. The van der Waals surface area contributed by atoms with Crippen molar-refractivity contribution in [2.45, 2.75) is 46.6 Å². The molecule has 3 nitrogen and oxygen atoms in total. The summed E-state index contributed by atoms with van der Waals surface area (Å²) in [5.74, 6) is 1.53. The SMILES string of the molecule is CC(C)(C)[C@@H]1CCc2c(sc3c2c(=O)nc2n3Cc3ccccc3-2)C1. The quantitative estimate of drug-likeness (QED) is 0.463. The first-order valence-electron chi connectivity index (χ1n) is 9.07. The Morgan fingerprint density at radius 1 is 1.24 bits per heavy atom. The van der Waals surface area contributed by atoms with Gasteiger partial charge in [0.1, 0.15) is 10.7 Å². The number of hydrogen-bond donors (Lipinski definition) is 0. The molecule has 0 amide bonds. The molecule has 0 saturated heterocycles. The average molecular weight is 350 g/mol. The molecule has 25 heavy (non-hydrogen) atoms. The zero-order chi connectivity index (χ0) is 17.3. The minimum absolute atomic E-state index is 0.0374. The molecule has 3 aromatic rings. The predicted molar refractivity (Wildman–Crippen MR) is 103 cm³/mol. The molecular formula is C21H22N2OS. The van der Waals surface area contributed by atoms with Gasteiger partial charge < -0.3 is 4.57 Å². The van der Waals surface area contributed by atoms with Gasteiger partial charge in [-0.2, -0.15) is 4.98 Å². The second-order valence-corrected chi connectivity index (χ2v) is 9.56. The third-order valence-electron chi connectivity index (χ3n) is 5.98. The van der Waals surface area contributed by atoms with Crippen molar-refractivity contribution in [2.75, 3.05) is 0 Å². The van der Waals surface area contributed by atoms with E-state index in [1.54, 1.807) is 0 Å². The Kier molecular flexibility index (Phi) is 3.09. The van der Waals surface area contributed by atoms with Crippen molar-refractivity contribution >= 4 is 21.6 Å². The first-order chi connectivity index (χ1) is 11.9. The Morgan fingerprint density at radius 3 is 2.84 bits per heavy atom. The van der Waals surface area contributed by atoms with Gasteiger partial charge in [-0.15, -0.1) is 11.3 Å². The molecule has 2 aromatic heterocycles. The number of fused-ring (bicyclic) bond motifs is 7. The first-order valence-corrected chi connectivity index (χ1v) is 9.88. The molecule has 128 valence electrons. The van der Waals surface area contributed by atoms with E-state index in [-0.39, 0.29) is 5.56 Å². The van der Waals surface area contributed by atoms with Crippen LogP contribution in [0.2, 0.25) is 0 Å². The third kappa shape index (κ3) is 2.16.